The molecule has 0 bridgehead atoms. The molecule has 3 N–H and O–H groups in total. The average Bonchev–Trinajstić information content (AvgIpc) is 3.70. The molecular weight excluding hydrogens is 576 g/mol. The van der Waals surface area contributed by atoms with Crippen LogP contribution in [0.25, 0.3) is 10.9 Å². The van der Waals surface area contributed by atoms with Gasteiger partial charge in [-0.1, -0.05) is 0 Å². The number of benzene rings is 3. The molecule has 1 aromatic heterocycles. The molecule has 3 saturated heterocycles. The van der Waals surface area contributed by atoms with Gasteiger partial charge in [0.05, 0.1) is 17.1 Å². The van der Waals surface area contributed by atoms with Gasteiger partial charge in [0, 0.05) is 80.0 Å². The van der Waals surface area contributed by atoms with Crippen LogP contribution in [0.1, 0.15) is 47.6 Å². The van der Waals surface area contributed by atoms with Crippen LogP contribution in [0.2, 0.25) is 0 Å². The van der Waals surface area contributed by atoms with Crippen LogP contribution in [0, 0.1) is 11.6 Å². The Hall–Kier alpha value is -4.22. The summed E-state index contributed by atoms with van der Waals surface area (Å²) in [4.78, 5) is 20.6. The minimum Gasteiger partial charge on any atom is -0.381 e. The summed E-state index contributed by atoms with van der Waals surface area (Å²) in [7, 11) is 2.14. The Morgan fingerprint density at radius 3 is 2.56 bits per heavy atom. The number of hydrogen-bond donors (Lipinski definition) is 3. The van der Waals surface area contributed by atoms with Crippen molar-refractivity contribution in [3.8, 4) is 0 Å². The van der Waals surface area contributed by atoms with Gasteiger partial charge in [0.25, 0.3) is 5.91 Å². The lowest BCUT2D eigenvalue weighted by Gasteiger charge is -2.34. The van der Waals surface area contributed by atoms with Crippen LogP contribution >= 0.6 is 0 Å². The number of hydrogen-bond acceptors (Lipinski definition) is 7. The van der Waals surface area contributed by atoms with E-state index in [4.69, 9.17) is 4.74 Å². The minimum atomic E-state index is -0.448. The Morgan fingerprint density at radius 2 is 1.73 bits per heavy atom. The number of carbonyl (C=O) groups is 1. The van der Waals surface area contributed by atoms with Crippen LogP contribution < -0.4 is 20.4 Å². The van der Waals surface area contributed by atoms with Gasteiger partial charge in [-0.15, -0.1) is 0 Å². The van der Waals surface area contributed by atoms with E-state index in [9.17, 15) is 13.6 Å². The van der Waals surface area contributed by atoms with Gasteiger partial charge in [-0.3, -0.25) is 9.89 Å². The summed E-state index contributed by atoms with van der Waals surface area (Å²) in [5.74, 6) is -0.691. The van der Waals surface area contributed by atoms with Crippen molar-refractivity contribution in [1.82, 2.24) is 15.1 Å². The van der Waals surface area contributed by atoms with E-state index in [-0.39, 0.29) is 18.0 Å². The summed E-state index contributed by atoms with van der Waals surface area (Å²) >= 11 is 0. The number of ether oxygens (including phenoxy) is 1. The second-order valence-corrected chi connectivity index (χ2v) is 12.3. The first-order valence-electron chi connectivity index (χ1n) is 15.9. The van der Waals surface area contributed by atoms with Gasteiger partial charge in [-0.25, -0.2) is 8.78 Å². The summed E-state index contributed by atoms with van der Waals surface area (Å²) in [6.07, 6.45) is 3.34. The molecule has 7 rings (SSSR count). The molecule has 4 aromatic rings. The minimum absolute atomic E-state index is 0.221. The second kappa shape index (κ2) is 12.6. The van der Waals surface area contributed by atoms with Crippen LogP contribution in [-0.4, -0.2) is 80.0 Å². The number of nitrogens with one attached hydrogen (secondary N) is 3. The summed E-state index contributed by atoms with van der Waals surface area (Å²) in [5.41, 5.74) is 4.44. The topological polar surface area (TPSA) is 88.8 Å². The Labute approximate surface area is 261 Å². The van der Waals surface area contributed by atoms with E-state index < -0.39 is 11.6 Å². The predicted octanol–water partition coefficient (Wildman–Crippen LogP) is 5.78. The van der Waals surface area contributed by atoms with Gasteiger partial charge in [0.2, 0.25) is 0 Å². The number of H-pyrrole nitrogens is 1. The maximum atomic E-state index is 14.7. The number of aromatic nitrogens is 2. The highest BCUT2D eigenvalue weighted by Gasteiger charge is 2.29. The van der Waals surface area contributed by atoms with E-state index in [2.05, 4.69) is 48.6 Å². The molecule has 3 aliphatic heterocycles. The van der Waals surface area contributed by atoms with Crippen molar-refractivity contribution in [3.63, 3.8) is 0 Å². The Kier molecular flexibility index (Phi) is 8.29. The normalized spacial score (nSPS) is 19.8. The molecule has 0 radical (unpaired) electrons. The van der Waals surface area contributed by atoms with Crippen LogP contribution in [-0.2, 0) is 4.74 Å². The third-order valence-electron chi connectivity index (χ3n) is 9.38. The van der Waals surface area contributed by atoms with Crippen molar-refractivity contribution in [2.75, 3.05) is 73.4 Å². The number of anilines is 4. The lowest BCUT2D eigenvalue weighted by atomic mass is 10.0. The van der Waals surface area contributed by atoms with Crippen LogP contribution in [0.15, 0.2) is 54.6 Å². The van der Waals surface area contributed by atoms with Crippen molar-refractivity contribution in [2.45, 2.75) is 37.8 Å². The number of halogens is 2. The number of likely N-dealkylation sites (N-methyl/N-ethyl adjacent to an activating group) is 1. The number of aromatic amines is 1. The quantitative estimate of drug-likeness (QED) is 0.243. The predicted molar refractivity (Wildman–Crippen MR) is 173 cm³/mol. The first kappa shape index (κ1) is 29.5. The van der Waals surface area contributed by atoms with Crippen molar-refractivity contribution in [3.05, 3.63) is 77.4 Å². The maximum Gasteiger partial charge on any atom is 0.258 e. The van der Waals surface area contributed by atoms with Gasteiger partial charge in [0.15, 0.2) is 5.82 Å². The Bertz CT molecular complexity index is 1680. The average molecular weight is 616 g/mol. The molecule has 3 aromatic carbocycles. The lowest BCUT2D eigenvalue weighted by molar-refractivity contribution is 0.0904. The summed E-state index contributed by atoms with van der Waals surface area (Å²) < 4.78 is 34.3. The molecule has 0 aliphatic carbocycles. The molecule has 236 valence electrons. The number of rotatable bonds is 7. The van der Waals surface area contributed by atoms with Gasteiger partial charge >= 0.3 is 0 Å². The van der Waals surface area contributed by atoms with E-state index in [1.165, 1.54) is 12.1 Å². The number of fused-ring (bicyclic) bond motifs is 1. The SMILES string of the molecule is CN1CCN(c2ccc(C(=O)Nc3n[nH]c4ccc(N5CCC[C@@H]5c5cc(F)ccc5F)cc34)c(NC3CCOCC3)c2)CC1. The van der Waals surface area contributed by atoms with Crippen LogP contribution in [0.4, 0.5) is 31.7 Å². The van der Waals surface area contributed by atoms with Crippen molar-refractivity contribution < 1.29 is 18.3 Å². The molecule has 1 amide bonds. The molecular formula is C34H39F2N7O2. The van der Waals surface area contributed by atoms with Gasteiger partial charge < -0.3 is 30.1 Å². The third kappa shape index (κ3) is 6.19. The number of amides is 1. The Morgan fingerprint density at radius 1 is 0.933 bits per heavy atom. The second-order valence-electron chi connectivity index (χ2n) is 12.3. The van der Waals surface area contributed by atoms with Gasteiger partial charge in [-0.05, 0) is 87.3 Å². The highest BCUT2D eigenvalue weighted by atomic mass is 19.1. The van der Waals surface area contributed by atoms with Gasteiger partial charge in [-0.2, -0.15) is 5.10 Å². The molecule has 45 heavy (non-hydrogen) atoms. The number of carbonyl (C=O) groups excluding carboxylic acids is 1. The maximum absolute atomic E-state index is 14.7. The monoisotopic (exact) mass is 615 g/mol. The zero-order chi connectivity index (χ0) is 30.9. The molecule has 3 aliphatic rings. The zero-order valence-corrected chi connectivity index (χ0v) is 25.5. The van der Waals surface area contributed by atoms with Crippen molar-refractivity contribution >= 4 is 39.7 Å². The number of piperazine rings is 1. The first-order chi connectivity index (χ1) is 21.9. The van der Waals surface area contributed by atoms with Crippen LogP contribution in [0.3, 0.4) is 0 Å². The fourth-order valence-electron chi connectivity index (χ4n) is 6.79. The fourth-order valence-corrected chi connectivity index (χ4v) is 6.79. The van der Waals surface area contributed by atoms with Crippen molar-refractivity contribution in [1.29, 1.82) is 0 Å². The lowest BCUT2D eigenvalue weighted by Crippen LogP contribution is -2.44. The smallest absolute Gasteiger partial charge is 0.258 e. The highest BCUT2D eigenvalue weighted by molar-refractivity contribution is 6.11. The molecule has 4 heterocycles. The largest absolute Gasteiger partial charge is 0.381 e. The standard InChI is InChI=1S/C34H39F2N7O2/c1-41-13-15-42(16-14-41)24-5-7-26(31(21-24)37-23-10-17-45-18-11-23)34(44)38-33-28-20-25(6-9-30(28)39-40-33)43-12-2-3-32(43)27-19-22(35)4-8-29(27)36/h4-9,19-21,23,32,37H,2-3,10-18H2,1H3,(H2,38,39,40,44)/t32-/m1/s1. The number of nitrogens with zero attached hydrogens (tertiary/aromatic N) is 4. The third-order valence-corrected chi connectivity index (χ3v) is 9.38. The summed E-state index contributed by atoms with van der Waals surface area (Å²) in [6.45, 7) is 5.97. The molecule has 11 heteroatoms. The fraction of sp³-hybridized carbons (Fsp3) is 0.412. The van der Waals surface area contributed by atoms with E-state index in [1.807, 2.05) is 30.3 Å². The summed E-state index contributed by atoms with van der Waals surface area (Å²) in [6, 6.07) is 15.4. The zero-order valence-electron chi connectivity index (χ0n) is 25.5. The van der Waals surface area contributed by atoms with Crippen LogP contribution in [0.5, 0.6) is 0 Å². The van der Waals surface area contributed by atoms with Crippen molar-refractivity contribution in [2.24, 2.45) is 0 Å². The molecule has 9 nitrogen and oxygen atoms in total. The molecule has 1 atom stereocenters. The van der Waals surface area contributed by atoms with E-state index >= 15 is 0 Å². The van der Waals surface area contributed by atoms with Gasteiger partial charge in [0.1, 0.15) is 11.6 Å². The highest BCUT2D eigenvalue weighted by Crippen LogP contribution is 2.39. The van der Waals surface area contributed by atoms with E-state index in [0.717, 1.165) is 85.9 Å². The van der Waals surface area contributed by atoms with E-state index in [1.54, 1.807) is 0 Å². The van der Waals surface area contributed by atoms with E-state index in [0.29, 0.717) is 36.7 Å². The molecule has 0 saturated carbocycles. The molecule has 0 spiro atoms. The first-order valence-corrected chi connectivity index (χ1v) is 15.9. The molecule has 3 fully saturated rings. The Balaban J connectivity index is 1.16. The molecule has 0 unspecified atom stereocenters. The summed E-state index contributed by atoms with van der Waals surface area (Å²) in [5, 5.41) is 14.9.